The minimum atomic E-state index is -1.08. The molecule has 2 aromatic carbocycles. The van der Waals surface area contributed by atoms with Crippen LogP contribution in [0.5, 0.6) is 0 Å². The molecule has 5 aromatic rings. The molecule has 1 saturated heterocycles. The van der Waals surface area contributed by atoms with Gasteiger partial charge in [0.1, 0.15) is 17.9 Å². The van der Waals surface area contributed by atoms with Gasteiger partial charge in [0.15, 0.2) is 5.82 Å². The number of halogens is 1. The number of fused-ring (bicyclic) bond motifs is 1. The van der Waals surface area contributed by atoms with Crippen molar-refractivity contribution < 1.29 is 33.5 Å². The number of anilines is 3. The van der Waals surface area contributed by atoms with Crippen LogP contribution in [0.2, 0.25) is 0 Å². The van der Waals surface area contributed by atoms with Gasteiger partial charge in [0, 0.05) is 61.3 Å². The van der Waals surface area contributed by atoms with Gasteiger partial charge >= 0.3 is 0 Å². The second kappa shape index (κ2) is 19.0. The zero-order valence-electron chi connectivity index (χ0n) is 35.2. The van der Waals surface area contributed by atoms with Gasteiger partial charge in [-0.3, -0.25) is 29.0 Å². The minimum absolute atomic E-state index is 0.0405. The Balaban J connectivity index is 0.973. The van der Waals surface area contributed by atoms with E-state index in [0.29, 0.717) is 27.6 Å². The van der Waals surface area contributed by atoms with Crippen LogP contribution >= 0.6 is 11.3 Å². The first-order valence-electron chi connectivity index (χ1n) is 20.1. The van der Waals surface area contributed by atoms with Crippen molar-refractivity contribution in [2.24, 2.45) is 5.41 Å². The van der Waals surface area contributed by atoms with E-state index in [9.17, 15) is 29.1 Å². The number of nitrogens with zero attached hydrogens (tertiary/aromatic N) is 4. The Morgan fingerprint density at radius 3 is 2.37 bits per heavy atom. The Hall–Kier alpha value is -6.53. The van der Waals surface area contributed by atoms with E-state index in [0.717, 1.165) is 21.7 Å². The highest BCUT2D eigenvalue weighted by Gasteiger charge is 2.44. The van der Waals surface area contributed by atoms with Crippen molar-refractivity contribution in [1.29, 1.82) is 0 Å². The predicted octanol–water partition coefficient (Wildman–Crippen LogP) is 4.37. The number of carbonyl (C=O) groups excluding carboxylic acids is 5. The molecular formula is C44H51FN10O6S. The molecule has 326 valence electrons. The van der Waals surface area contributed by atoms with Gasteiger partial charge < -0.3 is 42.7 Å². The summed E-state index contributed by atoms with van der Waals surface area (Å²) in [5.74, 6) is -2.94. The van der Waals surface area contributed by atoms with E-state index >= 15 is 4.39 Å². The number of aliphatic hydroxyl groups excluding tert-OH is 1. The lowest BCUT2D eigenvalue weighted by Crippen LogP contribution is -2.58. The standard InChI is InChI=1S/C44H51FN10O6S/c1-23-30(17-48-19-32(23)46)29-13-27-14-34(49-18-31(27)39(47)38(29)45)53-36(58)8-6-7-35(57)50-20-37(59)54-41(44(3,4)5)43(61)55-21-28(56)15-33(55)42(60)51-16-25-9-11-26(12-10-25)40-24(2)52-22-62-40/h9-14,17-19,22,28,33,41,56H,6-8,15-16,20-21,46-47H2,1-5H3,(H,50,57)(H,51,60)(H,54,59)(H,49,53,58)/t28-,33+,41-/m1/s1. The number of hydrogen-bond acceptors (Lipinski definition) is 12. The Morgan fingerprint density at radius 2 is 1.68 bits per heavy atom. The van der Waals surface area contributed by atoms with E-state index < -0.39 is 65.5 Å². The van der Waals surface area contributed by atoms with Crippen LogP contribution in [-0.4, -0.2) is 85.8 Å². The number of hydrogen-bond donors (Lipinski definition) is 7. The van der Waals surface area contributed by atoms with Gasteiger partial charge in [0.25, 0.3) is 0 Å². The number of benzene rings is 2. The number of nitrogens with one attached hydrogen (secondary N) is 4. The van der Waals surface area contributed by atoms with Crippen LogP contribution < -0.4 is 32.7 Å². The first-order valence-corrected chi connectivity index (χ1v) is 21.0. The quantitative estimate of drug-likeness (QED) is 0.0773. The fraction of sp³-hybridized carbons (Fsp3) is 0.364. The molecule has 0 radical (unpaired) electrons. The summed E-state index contributed by atoms with van der Waals surface area (Å²) in [4.78, 5) is 80.9. The topological polar surface area (TPSA) is 248 Å². The number of nitrogen functional groups attached to an aromatic ring is 2. The lowest BCUT2D eigenvalue weighted by atomic mass is 9.85. The summed E-state index contributed by atoms with van der Waals surface area (Å²) >= 11 is 1.55. The number of likely N-dealkylation sites (tertiary alicyclic amines) is 1. The fourth-order valence-corrected chi connectivity index (χ4v) is 8.06. The normalized spacial score (nSPS) is 15.6. The van der Waals surface area contributed by atoms with Crippen LogP contribution in [0.25, 0.3) is 32.3 Å². The second-order valence-electron chi connectivity index (χ2n) is 16.5. The van der Waals surface area contributed by atoms with Crippen molar-refractivity contribution >= 4 is 68.8 Å². The molecule has 3 atom stereocenters. The number of aromatic nitrogens is 3. The van der Waals surface area contributed by atoms with Crippen molar-refractivity contribution in [2.75, 3.05) is 29.9 Å². The van der Waals surface area contributed by atoms with E-state index in [1.54, 1.807) is 56.7 Å². The Kier molecular flexibility index (Phi) is 13.8. The molecule has 0 saturated carbocycles. The highest BCUT2D eigenvalue weighted by atomic mass is 32.1. The zero-order valence-corrected chi connectivity index (χ0v) is 36.0. The first kappa shape index (κ1) is 45.0. The SMILES string of the molecule is Cc1ncsc1-c1ccc(CNC(=O)[C@@H]2C[C@@H](O)CN2C(=O)[C@@H](NC(=O)CNC(=O)CCCC(=O)Nc2cc3cc(-c4cncc(N)c4C)c(F)c(N)c3cn2)C(C)(C)C)cc1. The van der Waals surface area contributed by atoms with Crippen molar-refractivity contribution in [2.45, 2.75) is 85.0 Å². The van der Waals surface area contributed by atoms with Crippen LogP contribution in [0, 0.1) is 25.1 Å². The molecule has 1 aliphatic heterocycles. The molecule has 0 bridgehead atoms. The number of β-amino-alcohol motifs (C(OH)–C–C–N with tert-alkyl or cyclic N) is 1. The lowest BCUT2D eigenvalue weighted by molar-refractivity contribution is -0.144. The number of carbonyl (C=O) groups is 5. The number of amides is 5. The molecule has 1 aliphatic rings. The second-order valence-corrected chi connectivity index (χ2v) is 17.3. The summed E-state index contributed by atoms with van der Waals surface area (Å²) in [5.41, 5.74) is 17.5. The highest BCUT2D eigenvalue weighted by molar-refractivity contribution is 7.13. The summed E-state index contributed by atoms with van der Waals surface area (Å²) in [6.45, 7) is 8.68. The van der Waals surface area contributed by atoms with Crippen molar-refractivity contribution in [1.82, 2.24) is 35.8 Å². The molecule has 0 spiro atoms. The van der Waals surface area contributed by atoms with Crippen LogP contribution in [-0.2, 0) is 30.5 Å². The highest BCUT2D eigenvalue weighted by Crippen LogP contribution is 2.36. The molecule has 1 fully saturated rings. The summed E-state index contributed by atoms with van der Waals surface area (Å²) in [7, 11) is 0. The maximum absolute atomic E-state index is 15.3. The van der Waals surface area contributed by atoms with E-state index in [2.05, 4.69) is 36.2 Å². The lowest BCUT2D eigenvalue weighted by Gasteiger charge is -2.35. The molecule has 0 unspecified atom stereocenters. The maximum atomic E-state index is 15.3. The fourth-order valence-electron chi connectivity index (χ4n) is 7.25. The van der Waals surface area contributed by atoms with Crippen LogP contribution in [0.4, 0.5) is 21.6 Å². The molecule has 6 rings (SSSR count). The van der Waals surface area contributed by atoms with Gasteiger partial charge in [0.05, 0.1) is 46.3 Å². The molecule has 3 aromatic heterocycles. The van der Waals surface area contributed by atoms with Gasteiger partial charge in [-0.25, -0.2) is 14.4 Å². The molecule has 5 amide bonds. The Labute approximate surface area is 362 Å². The minimum Gasteiger partial charge on any atom is -0.397 e. The number of aliphatic hydroxyl groups is 1. The van der Waals surface area contributed by atoms with Crippen molar-refractivity contribution in [3.8, 4) is 21.6 Å². The number of rotatable bonds is 14. The molecule has 9 N–H and O–H groups in total. The van der Waals surface area contributed by atoms with E-state index in [-0.39, 0.29) is 55.8 Å². The van der Waals surface area contributed by atoms with Gasteiger partial charge in [-0.1, -0.05) is 45.0 Å². The van der Waals surface area contributed by atoms with E-state index in [1.807, 2.05) is 31.2 Å². The summed E-state index contributed by atoms with van der Waals surface area (Å²) in [5, 5.41) is 22.2. The molecular weight excluding hydrogens is 816 g/mol. The summed E-state index contributed by atoms with van der Waals surface area (Å²) < 4.78 is 15.3. The van der Waals surface area contributed by atoms with E-state index in [1.165, 1.54) is 23.5 Å². The molecule has 0 aliphatic carbocycles. The largest absolute Gasteiger partial charge is 0.397 e. The van der Waals surface area contributed by atoms with Gasteiger partial charge in [-0.15, -0.1) is 11.3 Å². The summed E-state index contributed by atoms with van der Waals surface area (Å²) in [6, 6.07) is 8.86. The molecule has 16 nitrogen and oxygen atoms in total. The third-order valence-corrected chi connectivity index (χ3v) is 11.8. The maximum Gasteiger partial charge on any atom is 0.246 e. The van der Waals surface area contributed by atoms with Crippen molar-refractivity contribution in [3.05, 3.63) is 83.1 Å². The average Bonchev–Trinajstić information content (AvgIpc) is 3.85. The molecule has 4 heterocycles. The molecule has 18 heteroatoms. The summed E-state index contributed by atoms with van der Waals surface area (Å²) in [6.07, 6.45) is 3.49. The Morgan fingerprint density at radius 1 is 0.952 bits per heavy atom. The predicted molar refractivity (Wildman–Crippen MR) is 236 cm³/mol. The smallest absolute Gasteiger partial charge is 0.246 e. The monoisotopic (exact) mass is 866 g/mol. The van der Waals surface area contributed by atoms with Crippen LogP contribution in [0.15, 0.2) is 60.5 Å². The third-order valence-electron chi connectivity index (χ3n) is 10.8. The third kappa shape index (κ3) is 10.5. The number of aryl methyl sites for hydroxylation is 1. The van der Waals surface area contributed by atoms with Gasteiger partial charge in [0.2, 0.25) is 29.5 Å². The van der Waals surface area contributed by atoms with Crippen LogP contribution in [0.3, 0.4) is 0 Å². The number of thiazole rings is 1. The van der Waals surface area contributed by atoms with Crippen molar-refractivity contribution in [3.63, 3.8) is 0 Å². The van der Waals surface area contributed by atoms with Gasteiger partial charge in [-0.05, 0) is 59.9 Å². The van der Waals surface area contributed by atoms with Crippen LogP contribution in [0.1, 0.15) is 63.3 Å². The Bertz CT molecular complexity index is 2510. The zero-order chi connectivity index (χ0) is 44.9. The molecule has 62 heavy (non-hydrogen) atoms. The average molecular weight is 867 g/mol. The van der Waals surface area contributed by atoms with E-state index in [4.69, 9.17) is 11.5 Å². The number of pyridine rings is 2. The number of nitrogens with two attached hydrogens (primary N) is 2. The van der Waals surface area contributed by atoms with Gasteiger partial charge in [-0.2, -0.15) is 0 Å². The first-order chi connectivity index (χ1) is 29.4.